The highest BCUT2D eigenvalue weighted by Gasteiger charge is 2.38. The summed E-state index contributed by atoms with van der Waals surface area (Å²) in [5.74, 6) is 1.23. The first-order chi connectivity index (χ1) is 9.22. The minimum atomic E-state index is -0.342. The van der Waals surface area contributed by atoms with Crippen molar-refractivity contribution in [1.29, 1.82) is 0 Å². The van der Waals surface area contributed by atoms with E-state index in [0.29, 0.717) is 23.6 Å². The predicted molar refractivity (Wildman–Crippen MR) is 70.8 cm³/mol. The van der Waals surface area contributed by atoms with Gasteiger partial charge in [0.15, 0.2) is 0 Å². The van der Waals surface area contributed by atoms with Gasteiger partial charge in [-0.05, 0) is 31.5 Å². The topological polar surface area (TPSA) is 59.6 Å². The van der Waals surface area contributed by atoms with Crippen molar-refractivity contribution < 1.29 is 14.3 Å². The Kier molecular flexibility index (Phi) is 3.06. The minimum absolute atomic E-state index is 0.0832. The monoisotopic (exact) mass is 262 g/mol. The van der Waals surface area contributed by atoms with E-state index in [1.54, 1.807) is 25.3 Å². The molecular weight excluding hydrogens is 244 g/mol. The number of carbonyl (C=O) groups excluding carboxylic acids is 1. The summed E-state index contributed by atoms with van der Waals surface area (Å²) in [5, 5.41) is 6.29. The van der Waals surface area contributed by atoms with Crippen LogP contribution >= 0.6 is 0 Å². The van der Waals surface area contributed by atoms with Crippen LogP contribution in [-0.2, 0) is 0 Å². The van der Waals surface area contributed by atoms with Gasteiger partial charge in [0.25, 0.3) is 5.91 Å². The highest BCUT2D eigenvalue weighted by molar-refractivity contribution is 5.97. The fraction of sp³-hybridized carbons (Fsp3) is 0.500. The Balaban J connectivity index is 1.98. The molecule has 1 unspecified atom stereocenters. The largest absolute Gasteiger partial charge is 0.497 e. The number of ether oxygens (including phenoxy) is 2. The van der Waals surface area contributed by atoms with Crippen LogP contribution in [0.25, 0.3) is 0 Å². The van der Waals surface area contributed by atoms with E-state index in [1.165, 1.54) is 0 Å². The first kappa shape index (κ1) is 12.3. The zero-order valence-electron chi connectivity index (χ0n) is 11.0. The van der Waals surface area contributed by atoms with Gasteiger partial charge in [-0.15, -0.1) is 0 Å². The molecule has 3 rings (SSSR count). The van der Waals surface area contributed by atoms with Crippen LogP contribution in [0.15, 0.2) is 18.2 Å². The second kappa shape index (κ2) is 4.74. The van der Waals surface area contributed by atoms with Crippen LogP contribution in [-0.4, -0.2) is 38.3 Å². The van der Waals surface area contributed by atoms with E-state index in [9.17, 15) is 4.79 Å². The molecule has 1 saturated heterocycles. The number of amides is 1. The number of piperidine rings is 1. The number of hydrogen-bond acceptors (Lipinski definition) is 4. The van der Waals surface area contributed by atoms with E-state index in [-0.39, 0.29) is 11.5 Å². The quantitative estimate of drug-likeness (QED) is 0.791. The molecular formula is C14H18N2O3. The molecule has 1 amide bonds. The third-order valence-corrected chi connectivity index (χ3v) is 3.76. The lowest BCUT2D eigenvalue weighted by Crippen LogP contribution is -2.55. The zero-order chi connectivity index (χ0) is 13.3. The van der Waals surface area contributed by atoms with Gasteiger partial charge in [-0.1, -0.05) is 0 Å². The molecule has 19 heavy (non-hydrogen) atoms. The smallest absolute Gasteiger partial charge is 0.255 e. The number of benzene rings is 1. The Morgan fingerprint density at radius 3 is 3.00 bits per heavy atom. The second-order valence-corrected chi connectivity index (χ2v) is 5.11. The van der Waals surface area contributed by atoms with Crippen LogP contribution in [0.3, 0.4) is 0 Å². The third kappa shape index (κ3) is 2.26. The van der Waals surface area contributed by atoms with Crippen molar-refractivity contribution in [2.24, 2.45) is 0 Å². The van der Waals surface area contributed by atoms with Crippen molar-refractivity contribution in [3.8, 4) is 11.5 Å². The Morgan fingerprint density at radius 1 is 1.37 bits per heavy atom. The van der Waals surface area contributed by atoms with E-state index in [2.05, 4.69) is 10.6 Å². The molecule has 5 nitrogen and oxygen atoms in total. The number of fused-ring (bicyclic) bond motifs is 1. The van der Waals surface area contributed by atoms with Gasteiger partial charge in [0.2, 0.25) is 0 Å². The van der Waals surface area contributed by atoms with Gasteiger partial charge in [-0.2, -0.15) is 0 Å². The number of nitrogens with one attached hydrogen (secondary N) is 2. The molecule has 0 aliphatic carbocycles. The Hall–Kier alpha value is -1.75. The Morgan fingerprint density at radius 2 is 2.26 bits per heavy atom. The van der Waals surface area contributed by atoms with Crippen LogP contribution in [0.2, 0.25) is 0 Å². The van der Waals surface area contributed by atoms with E-state index in [0.717, 1.165) is 25.9 Å². The van der Waals surface area contributed by atoms with Gasteiger partial charge in [0.05, 0.1) is 19.2 Å². The molecule has 0 radical (unpaired) electrons. The summed E-state index contributed by atoms with van der Waals surface area (Å²) in [5.41, 5.74) is 0.231. The fourth-order valence-corrected chi connectivity index (χ4v) is 2.69. The molecule has 1 spiro atoms. The first-order valence-corrected chi connectivity index (χ1v) is 6.58. The maximum atomic E-state index is 12.1. The first-order valence-electron chi connectivity index (χ1n) is 6.58. The molecule has 2 aliphatic heterocycles. The second-order valence-electron chi connectivity index (χ2n) is 5.11. The van der Waals surface area contributed by atoms with E-state index >= 15 is 0 Å². The third-order valence-electron chi connectivity index (χ3n) is 3.76. The van der Waals surface area contributed by atoms with Crippen molar-refractivity contribution in [2.75, 3.05) is 26.7 Å². The summed E-state index contributed by atoms with van der Waals surface area (Å²) in [6, 6.07) is 5.31. The lowest BCUT2D eigenvalue weighted by atomic mass is 9.94. The molecule has 0 aromatic heterocycles. The molecule has 102 valence electrons. The molecule has 1 aromatic rings. The van der Waals surface area contributed by atoms with E-state index in [4.69, 9.17) is 9.47 Å². The summed E-state index contributed by atoms with van der Waals surface area (Å²) in [6.45, 7) is 2.30. The van der Waals surface area contributed by atoms with Crippen molar-refractivity contribution in [1.82, 2.24) is 10.6 Å². The number of hydrogen-bond donors (Lipinski definition) is 2. The van der Waals surface area contributed by atoms with Crippen LogP contribution in [0.1, 0.15) is 23.2 Å². The van der Waals surface area contributed by atoms with Gasteiger partial charge in [0, 0.05) is 12.6 Å². The van der Waals surface area contributed by atoms with Crippen molar-refractivity contribution in [2.45, 2.75) is 18.4 Å². The standard InChI is InChI=1S/C14H18N2O3/c1-18-10-3-4-11-12(7-10)19-14(9-16-13(11)17)5-2-6-15-8-14/h3-4,7,15H,2,5-6,8-9H2,1H3,(H,16,17). The molecule has 1 aromatic carbocycles. The summed E-state index contributed by atoms with van der Waals surface area (Å²) in [4.78, 5) is 12.1. The van der Waals surface area contributed by atoms with E-state index < -0.39 is 0 Å². The molecule has 2 heterocycles. The number of carbonyl (C=O) groups is 1. The molecule has 5 heteroatoms. The predicted octanol–water partition coefficient (Wildman–Crippen LogP) is 0.940. The Labute approximate surface area is 112 Å². The lowest BCUT2D eigenvalue weighted by Gasteiger charge is -2.36. The summed E-state index contributed by atoms with van der Waals surface area (Å²) in [7, 11) is 1.61. The van der Waals surface area contributed by atoms with Gasteiger partial charge < -0.3 is 20.1 Å². The van der Waals surface area contributed by atoms with Gasteiger partial charge in [0.1, 0.15) is 17.1 Å². The Bertz CT molecular complexity index is 495. The van der Waals surface area contributed by atoms with Gasteiger partial charge >= 0.3 is 0 Å². The average Bonchev–Trinajstić information content (AvgIpc) is 2.57. The van der Waals surface area contributed by atoms with E-state index in [1.807, 2.05) is 0 Å². The van der Waals surface area contributed by atoms with Crippen molar-refractivity contribution >= 4 is 5.91 Å². The zero-order valence-corrected chi connectivity index (χ0v) is 11.0. The average molecular weight is 262 g/mol. The van der Waals surface area contributed by atoms with Crippen LogP contribution in [0.5, 0.6) is 11.5 Å². The summed E-state index contributed by atoms with van der Waals surface area (Å²) >= 11 is 0. The SMILES string of the molecule is COc1ccc2c(c1)OC1(CCCNC1)CNC2=O. The normalized spacial score (nSPS) is 26.1. The van der Waals surface area contributed by atoms with Crippen LogP contribution in [0, 0.1) is 0 Å². The highest BCUT2D eigenvalue weighted by Crippen LogP contribution is 2.32. The number of rotatable bonds is 1. The van der Waals surface area contributed by atoms with Crippen LogP contribution in [0.4, 0.5) is 0 Å². The maximum Gasteiger partial charge on any atom is 0.255 e. The van der Waals surface area contributed by atoms with Crippen molar-refractivity contribution in [3.05, 3.63) is 23.8 Å². The maximum absolute atomic E-state index is 12.1. The molecule has 2 N–H and O–H groups in total. The summed E-state index contributed by atoms with van der Waals surface area (Å²) < 4.78 is 11.4. The van der Waals surface area contributed by atoms with Crippen LogP contribution < -0.4 is 20.1 Å². The highest BCUT2D eigenvalue weighted by atomic mass is 16.5. The molecule has 0 saturated carbocycles. The molecule has 2 aliphatic rings. The molecule has 1 fully saturated rings. The van der Waals surface area contributed by atoms with Gasteiger partial charge in [-0.3, -0.25) is 4.79 Å². The number of methoxy groups -OCH3 is 1. The summed E-state index contributed by atoms with van der Waals surface area (Å²) in [6.07, 6.45) is 1.99. The fourth-order valence-electron chi connectivity index (χ4n) is 2.69. The molecule has 1 atom stereocenters. The lowest BCUT2D eigenvalue weighted by molar-refractivity contribution is 0.0469. The minimum Gasteiger partial charge on any atom is -0.497 e. The molecule has 0 bridgehead atoms. The van der Waals surface area contributed by atoms with Gasteiger partial charge in [-0.25, -0.2) is 0 Å². The van der Waals surface area contributed by atoms with Crippen molar-refractivity contribution in [3.63, 3.8) is 0 Å².